The SMILES string of the molecule is COCCCN(C[C@]1(O)CC[C@H]2c3ccc(cc3C(=O)Cc3c(F)cccc3Cl)C[C@@H](O)CCC(C)=CCC[C@@]21C)C(=O)N[C@H](C)c1ccccc1. The molecule has 2 bridgehead atoms. The Morgan fingerprint density at radius 2 is 1.87 bits per heavy atom. The van der Waals surface area contributed by atoms with E-state index in [1.165, 1.54) is 17.7 Å². The fourth-order valence-corrected chi connectivity index (χ4v) is 8.50. The summed E-state index contributed by atoms with van der Waals surface area (Å²) in [6, 6.07) is 19.5. The number of hydrogen-bond donors (Lipinski definition) is 3. The quantitative estimate of drug-likeness (QED) is 0.104. The number of hydrogen-bond acceptors (Lipinski definition) is 5. The summed E-state index contributed by atoms with van der Waals surface area (Å²) in [5.74, 6) is -1.04. The maximum absolute atomic E-state index is 14.9. The van der Waals surface area contributed by atoms with Gasteiger partial charge in [0.25, 0.3) is 0 Å². The Morgan fingerprint density at radius 1 is 1.10 bits per heavy atom. The van der Waals surface area contributed by atoms with Crippen LogP contribution in [0.4, 0.5) is 9.18 Å². The summed E-state index contributed by atoms with van der Waals surface area (Å²) in [6.07, 6.45) is 6.00. The second-order valence-electron chi connectivity index (χ2n) is 15.1. The molecule has 0 aromatic heterocycles. The number of halogens is 2. The summed E-state index contributed by atoms with van der Waals surface area (Å²) in [4.78, 5) is 29.9. The standard InChI is InChI=1S/C43H54ClFN2O5/c1-29-11-9-21-42(3)37(20-22-43(42,51)28-47(23-10-24-52-4)41(50)46-30(2)32-12-6-5-7-13-32)34-19-17-31(25-33(48)18-16-29)26-35(34)40(49)27-36-38(44)14-8-15-39(36)45/h5-8,11-15,17,19,26,30,33,37,48,51H,9-10,16,18,20-25,27-28H2,1-4H3,(H,46,50)/t30-,33+,37+,42+,43-/m1/s1. The lowest BCUT2D eigenvalue weighted by atomic mass is 9.64. The van der Waals surface area contributed by atoms with Crippen LogP contribution in [0.25, 0.3) is 0 Å². The van der Waals surface area contributed by atoms with Crippen molar-refractivity contribution in [1.82, 2.24) is 10.2 Å². The van der Waals surface area contributed by atoms with Gasteiger partial charge in [-0.25, -0.2) is 9.18 Å². The molecule has 3 N–H and O–H groups in total. The van der Waals surface area contributed by atoms with Gasteiger partial charge in [0.15, 0.2) is 5.78 Å². The molecule has 0 saturated heterocycles. The molecule has 3 aliphatic rings. The van der Waals surface area contributed by atoms with Crippen molar-refractivity contribution in [3.05, 3.63) is 117 Å². The van der Waals surface area contributed by atoms with Gasteiger partial charge < -0.3 is 25.2 Å². The first-order valence-electron chi connectivity index (χ1n) is 18.6. The van der Waals surface area contributed by atoms with Crippen LogP contribution in [0.3, 0.4) is 0 Å². The van der Waals surface area contributed by atoms with E-state index in [4.69, 9.17) is 16.3 Å². The minimum Gasteiger partial charge on any atom is -0.393 e. The van der Waals surface area contributed by atoms with Gasteiger partial charge in [0.05, 0.1) is 24.3 Å². The van der Waals surface area contributed by atoms with Gasteiger partial charge >= 0.3 is 6.03 Å². The van der Waals surface area contributed by atoms with Crippen molar-refractivity contribution < 1.29 is 28.9 Å². The maximum atomic E-state index is 14.9. The first kappa shape index (κ1) is 39.6. The number of ether oxygens (including phenoxy) is 1. The predicted molar refractivity (Wildman–Crippen MR) is 204 cm³/mol. The molecule has 0 heterocycles. The number of benzene rings is 3. The number of carbonyl (C=O) groups is 2. The number of Topliss-reactive ketones (excluding diaryl/α,β-unsaturated/α-hetero) is 1. The molecule has 0 spiro atoms. The van der Waals surface area contributed by atoms with Gasteiger partial charge in [-0.1, -0.05) is 78.7 Å². The number of urea groups is 1. The van der Waals surface area contributed by atoms with Crippen LogP contribution in [0.2, 0.25) is 5.02 Å². The number of fused-ring (bicyclic) bond motifs is 8. The third-order valence-corrected chi connectivity index (χ3v) is 11.9. The number of nitrogens with zero attached hydrogens (tertiary/aromatic N) is 1. The molecule has 1 fully saturated rings. The summed E-state index contributed by atoms with van der Waals surface area (Å²) >= 11 is 6.38. The van der Waals surface area contributed by atoms with E-state index in [1.54, 1.807) is 18.1 Å². The first-order valence-corrected chi connectivity index (χ1v) is 19.0. The number of amides is 2. The van der Waals surface area contributed by atoms with Crippen molar-refractivity contribution in [2.45, 2.75) is 102 Å². The summed E-state index contributed by atoms with van der Waals surface area (Å²) in [5.41, 5.74) is 2.34. The van der Waals surface area contributed by atoms with Crippen LogP contribution in [-0.4, -0.2) is 65.4 Å². The molecule has 5 atom stereocenters. The van der Waals surface area contributed by atoms with Crippen molar-refractivity contribution in [2.24, 2.45) is 5.41 Å². The molecule has 7 nitrogen and oxygen atoms in total. The Labute approximate surface area is 313 Å². The number of aliphatic hydroxyl groups is 2. The van der Waals surface area contributed by atoms with Crippen LogP contribution in [0.1, 0.15) is 110 Å². The first-order chi connectivity index (χ1) is 24.8. The monoisotopic (exact) mass is 732 g/mol. The Kier molecular flexibility index (Phi) is 13.3. The minimum atomic E-state index is -1.29. The highest BCUT2D eigenvalue weighted by Gasteiger charge is 2.57. The average Bonchev–Trinajstić information content (AvgIpc) is 3.37. The smallest absolute Gasteiger partial charge is 0.317 e. The molecule has 3 aromatic rings. The second-order valence-corrected chi connectivity index (χ2v) is 15.5. The zero-order valence-electron chi connectivity index (χ0n) is 31.0. The van der Waals surface area contributed by atoms with Gasteiger partial charge in [-0.2, -0.15) is 0 Å². The molecule has 2 amide bonds. The highest BCUT2D eigenvalue weighted by molar-refractivity contribution is 6.31. The molecule has 52 heavy (non-hydrogen) atoms. The molecule has 0 aliphatic heterocycles. The van der Waals surface area contributed by atoms with Crippen molar-refractivity contribution in [3.8, 4) is 0 Å². The Hall–Kier alpha value is -3.56. The van der Waals surface area contributed by atoms with E-state index in [2.05, 4.69) is 25.2 Å². The van der Waals surface area contributed by atoms with Gasteiger partial charge in [0, 0.05) is 48.2 Å². The van der Waals surface area contributed by atoms with Gasteiger partial charge in [-0.3, -0.25) is 4.79 Å². The number of ketones is 1. The molecular formula is C43H54ClFN2O5. The third kappa shape index (κ3) is 9.14. The molecule has 280 valence electrons. The number of methoxy groups -OCH3 is 1. The van der Waals surface area contributed by atoms with Crippen LogP contribution in [0.15, 0.2) is 78.4 Å². The summed E-state index contributed by atoms with van der Waals surface area (Å²) < 4.78 is 20.3. The molecule has 0 unspecified atom stereocenters. The molecule has 9 heteroatoms. The van der Waals surface area contributed by atoms with Crippen molar-refractivity contribution in [3.63, 3.8) is 0 Å². The summed E-state index contributed by atoms with van der Waals surface area (Å²) in [6.45, 7) is 7.10. The Balaban J connectivity index is 1.54. The van der Waals surface area contributed by atoms with E-state index in [0.717, 1.165) is 23.1 Å². The topological polar surface area (TPSA) is 99.1 Å². The largest absolute Gasteiger partial charge is 0.393 e. The molecular weight excluding hydrogens is 679 g/mol. The van der Waals surface area contributed by atoms with Crippen LogP contribution in [0.5, 0.6) is 0 Å². The lowest BCUT2D eigenvalue weighted by Gasteiger charge is -2.46. The third-order valence-electron chi connectivity index (χ3n) is 11.5. The van der Waals surface area contributed by atoms with Gasteiger partial charge in [0.1, 0.15) is 5.82 Å². The number of aliphatic hydroxyl groups excluding tert-OH is 1. The van der Waals surface area contributed by atoms with E-state index < -0.39 is 22.9 Å². The van der Waals surface area contributed by atoms with E-state index in [9.17, 15) is 24.2 Å². The molecule has 3 aliphatic carbocycles. The van der Waals surface area contributed by atoms with Gasteiger partial charge in [0.2, 0.25) is 0 Å². The Morgan fingerprint density at radius 3 is 2.60 bits per heavy atom. The highest BCUT2D eigenvalue weighted by Crippen LogP contribution is 2.59. The van der Waals surface area contributed by atoms with E-state index in [-0.39, 0.29) is 47.3 Å². The molecule has 3 aromatic carbocycles. The van der Waals surface area contributed by atoms with Crippen molar-refractivity contribution in [2.75, 3.05) is 26.8 Å². The zero-order chi connectivity index (χ0) is 37.5. The normalized spacial score (nSPS) is 24.0. The number of rotatable bonds is 11. The van der Waals surface area contributed by atoms with E-state index in [1.807, 2.05) is 55.5 Å². The molecule has 0 radical (unpaired) electrons. The average molecular weight is 733 g/mol. The second kappa shape index (κ2) is 17.5. The fraction of sp³-hybridized carbons (Fsp3) is 0.488. The number of carbonyl (C=O) groups excluding carboxylic acids is 2. The van der Waals surface area contributed by atoms with Crippen molar-refractivity contribution >= 4 is 23.4 Å². The van der Waals surface area contributed by atoms with Crippen molar-refractivity contribution in [1.29, 1.82) is 0 Å². The summed E-state index contributed by atoms with van der Waals surface area (Å²) in [7, 11) is 1.63. The minimum absolute atomic E-state index is 0.109. The number of nitrogens with one attached hydrogen (secondary N) is 1. The van der Waals surface area contributed by atoms with Gasteiger partial charge in [-0.15, -0.1) is 0 Å². The zero-order valence-corrected chi connectivity index (χ0v) is 31.7. The number of allylic oxidation sites excluding steroid dienone is 2. The molecule has 6 rings (SSSR count). The maximum Gasteiger partial charge on any atom is 0.317 e. The Bertz CT molecular complexity index is 1710. The van der Waals surface area contributed by atoms with Crippen LogP contribution >= 0.6 is 11.6 Å². The van der Waals surface area contributed by atoms with Crippen LogP contribution in [-0.2, 0) is 17.6 Å². The van der Waals surface area contributed by atoms with Crippen LogP contribution < -0.4 is 5.32 Å². The fourth-order valence-electron chi connectivity index (χ4n) is 8.27. The summed E-state index contributed by atoms with van der Waals surface area (Å²) in [5, 5.41) is 27.2. The lowest BCUT2D eigenvalue weighted by Crippen LogP contribution is -2.55. The molecule has 1 saturated carbocycles. The predicted octanol–water partition coefficient (Wildman–Crippen LogP) is 8.75. The highest BCUT2D eigenvalue weighted by atomic mass is 35.5. The lowest BCUT2D eigenvalue weighted by molar-refractivity contribution is -0.0775. The van der Waals surface area contributed by atoms with Crippen LogP contribution in [0, 0.1) is 11.2 Å². The van der Waals surface area contributed by atoms with E-state index >= 15 is 0 Å². The van der Waals surface area contributed by atoms with Gasteiger partial charge in [-0.05, 0) is 106 Å². The van der Waals surface area contributed by atoms with E-state index in [0.29, 0.717) is 63.7 Å².